The molecule has 1 heterocycles. The van der Waals surface area contributed by atoms with Gasteiger partial charge < -0.3 is 21.0 Å². The van der Waals surface area contributed by atoms with Gasteiger partial charge in [0.1, 0.15) is 11.3 Å². The van der Waals surface area contributed by atoms with E-state index in [4.69, 9.17) is 21.0 Å². The molecule has 0 radical (unpaired) electrons. The maximum Gasteiger partial charge on any atom is 0.230 e. The zero-order valence-electron chi connectivity index (χ0n) is 12.6. The zero-order valence-corrected chi connectivity index (χ0v) is 12.6. The molecule has 0 atom stereocenters. The quantitative estimate of drug-likeness (QED) is 0.260. The number of hydrogen-bond donors (Lipinski definition) is 3. The number of phenols is 1. The Morgan fingerprint density at radius 3 is 2.29 bits per heavy atom. The number of nitrogens with two attached hydrogens (primary N) is 2. The molecule has 6 nitrogen and oxygen atoms in total. The lowest BCUT2D eigenvalue weighted by Crippen LogP contribution is -2.12. The highest BCUT2D eigenvalue weighted by Crippen LogP contribution is 2.22. The highest BCUT2D eigenvalue weighted by atomic mass is 16.3. The summed E-state index contributed by atoms with van der Waals surface area (Å²) in [6, 6.07) is 17.2. The van der Waals surface area contributed by atoms with Crippen molar-refractivity contribution in [2.45, 2.75) is 0 Å². The van der Waals surface area contributed by atoms with Gasteiger partial charge in [-0.05, 0) is 36.4 Å². The van der Waals surface area contributed by atoms with Crippen LogP contribution in [-0.4, -0.2) is 10.1 Å². The molecule has 0 aromatic heterocycles. The van der Waals surface area contributed by atoms with E-state index >= 15 is 0 Å². The molecule has 0 bridgehead atoms. The van der Waals surface area contributed by atoms with Crippen LogP contribution in [0.3, 0.4) is 0 Å². The zero-order chi connectivity index (χ0) is 17.1. The van der Waals surface area contributed by atoms with Gasteiger partial charge in [0, 0.05) is 0 Å². The first-order valence-corrected chi connectivity index (χ1v) is 7.18. The molecule has 5 N–H and O–H groups in total. The van der Waals surface area contributed by atoms with E-state index in [1.54, 1.807) is 36.4 Å². The Labute approximate surface area is 137 Å². The van der Waals surface area contributed by atoms with Gasteiger partial charge in [0.25, 0.3) is 0 Å². The van der Waals surface area contributed by atoms with Crippen molar-refractivity contribution in [3.05, 3.63) is 70.9 Å². The Bertz CT molecular complexity index is 1010. The maximum atomic E-state index is 11.7. The lowest BCUT2D eigenvalue weighted by Gasteiger charge is -2.05. The minimum absolute atomic E-state index is 0.146. The molecule has 0 spiro atoms. The Morgan fingerprint density at radius 2 is 1.58 bits per heavy atom. The molecule has 0 saturated heterocycles. The number of anilines is 2. The summed E-state index contributed by atoms with van der Waals surface area (Å²) < 4.78 is 5.56. The molecular formula is C18H15N3O3. The molecule has 0 saturated carbocycles. The largest absolute Gasteiger partial charge is 0.506 e. The standard InChI is InChI=1S/C12H8N2O2.C6H7NO/c13-7-5-6-10-11(12(7)15)14-8-3-1-2-4-9(8)16-10;7-5-3-1-2-4-6(5)8/h1-6H,13H2;1-4,8H,7H2. The molecule has 2 aromatic carbocycles. The van der Waals surface area contributed by atoms with Gasteiger partial charge in [-0.1, -0.05) is 24.3 Å². The van der Waals surface area contributed by atoms with E-state index in [1.807, 2.05) is 18.2 Å². The van der Waals surface area contributed by atoms with E-state index in [0.29, 0.717) is 22.5 Å². The van der Waals surface area contributed by atoms with Crippen molar-refractivity contribution in [3.63, 3.8) is 0 Å². The third-order valence-electron chi connectivity index (χ3n) is 3.38. The molecule has 120 valence electrons. The summed E-state index contributed by atoms with van der Waals surface area (Å²) >= 11 is 0. The predicted molar refractivity (Wildman–Crippen MR) is 93.8 cm³/mol. The summed E-state index contributed by atoms with van der Waals surface area (Å²) in [5.74, 6) is 0.602. The third kappa shape index (κ3) is 2.98. The van der Waals surface area contributed by atoms with Crippen LogP contribution in [0.1, 0.15) is 0 Å². The van der Waals surface area contributed by atoms with Crippen LogP contribution >= 0.6 is 0 Å². The van der Waals surface area contributed by atoms with Crippen LogP contribution in [0.5, 0.6) is 5.75 Å². The van der Waals surface area contributed by atoms with Gasteiger partial charge in [0.05, 0.1) is 11.4 Å². The van der Waals surface area contributed by atoms with E-state index in [2.05, 4.69) is 4.98 Å². The fourth-order valence-corrected chi connectivity index (χ4v) is 2.12. The summed E-state index contributed by atoms with van der Waals surface area (Å²) in [5.41, 5.74) is 12.7. The van der Waals surface area contributed by atoms with Gasteiger partial charge >= 0.3 is 0 Å². The Hall–Kier alpha value is -3.54. The van der Waals surface area contributed by atoms with Crippen LogP contribution in [0, 0.1) is 0 Å². The fourth-order valence-electron chi connectivity index (χ4n) is 2.12. The summed E-state index contributed by atoms with van der Waals surface area (Å²) in [4.78, 5) is 16.0. The predicted octanol–water partition coefficient (Wildman–Crippen LogP) is 2.85. The second-order valence-electron chi connectivity index (χ2n) is 5.07. The van der Waals surface area contributed by atoms with Crippen LogP contribution in [0.15, 0.2) is 69.9 Å². The van der Waals surface area contributed by atoms with Crippen LogP contribution in [-0.2, 0) is 0 Å². The maximum absolute atomic E-state index is 11.7. The first kappa shape index (κ1) is 15.4. The molecule has 1 aliphatic carbocycles. The highest BCUT2D eigenvalue weighted by molar-refractivity contribution is 5.76. The second-order valence-corrected chi connectivity index (χ2v) is 5.07. The van der Waals surface area contributed by atoms with Crippen LogP contribution < -0.4 is 16.9 Å². The van der Waals surface area contributed by atoms with Crippen molar-refractivity contribution >= 4 is 22.5 Å². The summed E-state index contributed by atoms with van der Waals surface area (Å²) in [6.07, 6.45) is 0. The molecule has 2 aromatic rings. The first-order chi connectivity index (χ1) is 11.6. The topological polar surface area (TPSA) is 115 Å². The van der Waals surface area contributed by atoms with E-state index in [1.165, 1.54) is 6.07 Å². The molecule has 4 rings (SSSR count). The Morgan fingerprint density at radius 1 is 0.875 bits per heavy atom. The van der Waals surface area contributed by atoms with Gasteiger partial charge in [-0.25, -0.2) is 4.98 Å². The fraction of sp³-hybridized carbons (Fsp3) is 0. The normalized spacial score (nSPS) is 10.3. The van der Waals surface area contributed by atoms with E-state index < -0.39 is 0 Å². The molecule has 2 aliphatic rings. The van der Waals surface area contributed by atoms with Gasteiger partial charge in [-0.2, -0.15) is 0 Å². The summed E-state index contributed by atoms with van der Waals surface area (Å²) in [7, 11) is 0. The second kappa shape index (κ2) is 6.29. The SMILES string of the molecule is Nc1ccc2oc3ccccc3nc-2c1=O.Nc1ccccc1O. The van der Waals surface area contributed by atoms with Crippen molar-refractivity contribution in [2.75, 3.05) is 11.5 Å². The molecule has 1 aliphatic heterocycles. The lowest BCUT2D eigenvalue weighted by atomic mass is 10.2. The Balaban J connectivity index is 0.000000179. The van der Waals surface area contributed by atoms with Crippen molar-refractivity contribution in [1.82, 2.24) is 4.98 Å². The number of aromatic hydroxyl groups is 1. The number of rotatable bonds is 0. The number of aromatic nitrogens is 1. The third-order valence-corrected chi connectivity index (χ3v) is 3.38. The average molecular weight is 321 g/mol. The lowest BCUT2D eigenvalue weighted by molar-refractivity contribution is 0.478. The number of phenolic OH excluding ortho intramolecular Hbond substituents is 1. The van der Waals surface area contributed by atoms with Crippen molar-refractivity contribution in [1.29, 1.82) is 0 Å². The van der Waals surface area contributed by atoms with Crippen LogP contribution in [0.25, 0.3) is 22.6 Å². The highest BCUT2D eigenvalue weighted by Gasteiger charge is 2.13. The van der Waals surface area contributed by atoms with Crippen molar-refractivity contribution in [3.8, 4) is 17.2 Å². The van der Waals surface area contributed by atoms with E-state index in [-0.39, 0.29) is 22.6 Å². The average Bonchev–Trinajstić information content (AvgIpc) is 2.60. The van der Waals surface area contributed by atoms with Crippen LogP contribution in [0.2, 0.25) is 0 Å². The minimum atomic E-state index is -0.285. The monoisotopic (exact) mass is 321 g/mol. The van der Waals surface area contributed by atoms with Gasteiger partial charge in [0.15, 0.2) is 17.0 Å². The number of fused-ring (bicyclic) bond motifs is 2. The number of para-hydroxylation sites is 4. The minimum Gasteiger partial charge on any atom is -0.506 e. The number of nitrogens with zero attached hydrogens (tertiary/aromatic N) is 1. The van der Waals surface area contributed by atoms with Crippen molar-refractivity contribution in [2.24, 2.45) is 0 Å². The molecular weight excluding hydrogens is 306 g/mol. The number of nitrogen functional groups attached to an aromatic ring is 2. The first-order valence-electron chi connectivity index (χ1n) is 7.18. The van der Waals surface area contributed by atoms with Gasteiger partial charge in [0.2, 0.25) is 5.43 Å². The molecule has 6 heteroatoms. The summed E-state index contributed by atoms with van der Waals surface area (Å²) in [6.45, 7) is 0. The van der Waals surface area contributed by atoms with Crippen molar-refractivity contribution < 1.29 is 9.52 Å². The molecule has 0 amide bonds. The number of benzene rings is 3. The van der Waals surface area contributed by atoms with Gasteiger partial charge in [-0.15, -0.1) is 0 Å². The number of hydrogen-bond acceptors (Lipinski definition) is 6. The van der Waals surface area contributed by atoms with Gasteiger partial charge in [-0.3, -0.25) is 4.79 Å². The van der Waals surface area contributed by atoms with Crippen LogP contribution in [0.4, 0.5) is 11.4 Å². The molecule has 0 unspecified atom stereocenters. The molecule has 24 heavy (non-hydrogen) atoms. The van der Waals surface area contributed by atoms with E-state index in [9.17, 15) is 4.79 Å². The molecule has 0 fully saturated rings. The van der Waals surface area contributed by atoms with E-state index in [0.717, 1.165) is 0 Å². The Kier molecular flexibility index (Phi) is 4.03. The summed E-state index contributed by atoms with van der Waals surface area (Å²) in [5, 5.41) is 8.79. The smallest absolute Gasteiger partial charge is 0.230 e.